The van der Waals surface area contributed by atoms with Gasteiger partial charge in [0.25, 0.3) is 0 Å². The van der Waals surface area contributed by atoms with Crippen molar-refractivity contribution in [2.24, 2.45) is 0 Å². The van der Waals surface area contributed by atoms with Gasteiger partial charge in [0.1, 0.15) is 5.82 Å². The zero-order valence-electron chi connectivity index (χ0n) is 13.7. The second-order valence-corrected chi connectivity index (χ2v) is 7.47. The lowest BCUT2D eigenvalue weighted by Gasteiger charge is -2.19. The molecular weight excluding hydrogens is 319 g/mol. The van der Waals surface area contributed by atoms with Gasteiger partial charge in [0.2, 0.25) is 15.9 Å². The minimum absolute atomic E-state index is 0.0631. The zero-order valence-corrected chi connectivity index (χ0v) is 14.5. The first-order chi connectivity index (χ1) is 10.8. The van der Waals surface area contributed by atoms with Crippen molar-refractivity contribution in [1.82, 2.24) is 9.62 Å². The number of halogens is 1. The zero-order chi connectivity index (χ0) is 17.3. The average molecular weight is 344 g/mol. The molecule has 0 aromatic heterocycles. The molecule has 23 heavy (non-hydrogen) atoms. The Balaban J connectivity index is 2.44. The van der Waals surface area contributed by atoms with Crippen LogP contribution in [0.2, 0.25) is 0 Å². The summed E-state index contributed by atoms with van der Waals surface area (Å²) in [6.45, 7) is 2.71. The molecule has 1 aromatic carbocycles. The third-order valence-corrected chi connectivity index (χ3v) is 4.81. The van der Waals surface area contributed by atoms with Gasteiger partial charge in [-0.3, -0.25) is 4.79 Å². The van der Waals surface area contributed by atoms with Gasteiger partial charge in [0, 0.05) is 31.6 Å². The van der Waals surface area contributed by atoms with E-state index in [9.17, 15) is 17.6 Å². The first-order valence-corrected chi connectivity index (χ1v) is 9.64. The summed E-state index contributed by atoms with van der Waals surface area (Å²) in [5.74, 6) is -0.664. The summed E-state index contributed by atoms with van der Waals surface area (Å²) in [5, 5.41) is 2.61. The van der Waals surface area contributed by atoms with Crippen molar-refractivity contribution in [3.8, 4) is 0 Å². The Hall–Kier alpha value is -1.47. The van der Waals surface area contributed by atoms with Crippen molar-refractivity contribution in [3.05, 3.63) is 35.6 Å². The monoisotopic (exact) mass is 344 g/mol. The number of sulfonamides is 1. The lowest BCUT2D eigenvalue weighted by atomic mass is 10.2. The molecule has 7 heteroatoms. The molecule has 0 saturated carbocycles. The molecule has 5 nitrogen and oxygen atoms in total. The third-order valence-electron chi connectivity index (χ3n) is 3.50. The quantitative estimate of drug-likeness (QED) is 0.662. The molecule has 0 bridgehead atoms. The fraction of sp³-hybridized carbons (Fsp3) is 0.562. The van der Waals surface area contributed by atoms with Gasteiger partial charge in [-0.25, -0.2) is 17.1 Å². The van der Waals surface area contributed by atoms with E-state index >= 15 is 0 Å². The number of nitrogens with one attached hydrogen (secondary N) is 1. The molecule has 1 amide bonds. The van der Waals surface area contributed by atoms with E-state index in [4.69, 9.17) is 0 Å². The first kappa shape index (κ1) is 19.6. The Kier molecular flexibility index (Phi) is 8.19. The highest BCUT2D eigenvalue weighted by atomic mass is 32.2. The van der Waals surface area contributed by atoms with E-state index in [2.05, 4.69) is 5.32 Å². The van der Waals surface area contributed by atoms with E-state index in [1.54, 1.807) is 18.2 Å². The van der Waals surface area contributed by atoms with Crippen LogP contribution >= 0.6 is 0 Å². The van der Waals surface area contributed by atoms with Crippen LogP contribution in [0.4, 0.5) is 4.39 Å². The number of nitrogens with zero attached hydrogens (tertiary/aromatic N) is 1. The summed E-state index contributed by atoms with van der Waals surface area (Å²) in [4.78, 5) is 11.8. The number of benzene rings is 1. The summed E-state index contributed by atoms with van der Waals surface area (Å²) in [6.07, 6.45) is 3.94. The Morgan fingerprint density at radius 3 is 2.52 bits per heavy atom. The Bertz CT molecular complexity index is 605. The van der Waals surface area contributed by atoms with Crippen LogP contribution in [-0.4, -0.2) is 38.0 Å². The van der Waals surface area contributed by atoms with Crippen molar-refractivity contribution in [1.29, 1.82) is 0 Å². The van der Waals surface area contributed by atoms with E-state index in [0.717, 1.165) is 25.5 Å². The van der Waals surface area contributed by atoms with Crippen molar-refractivity contribution in [2.75, 3.05) is 19.3 Å². The van der Waals surface area contributed by atoms with E-state index in [1.807, 2.05) is 6.92 Å². The van der Waals surface area contributed by atoms with E-state index in [-0.39, 0.29) is 31.2 Å². The van der Waals surface area contributed by atoms with Crippen LogP contribution in [0.5, 0.6) is 0 Å². The smallest absolute Gasteiger partial charge is 0.221 e. The van der Waals surface area contributed by atoms with Crippen molar-refractivity contribution in [2.45, 2.75) is 39.2 Å². The second kappa shape index (κ2) is 9.62. The lowest BCUT2D eigenvalue weighted by molar-refractivity contribution is -0.121. The number of hydrogen-bond acceptors (Lipinski definition) is 3. The van der Waals surface area contributed by atoms with Gasteiger partial charge in [-0.2, -0.15) is 0 Å². The van der Waals surface area contributed by atoms with Crippen molar-refractivity contribution in [3.63, 3.8) is 0 Å². The Labute approximate surface area is 137 Å². The van der Waals surface area contributed by atoms with Gasteiger partial charge in [-0.1, -0.05) is 38.0 Å². The summed E-state index contributed by atoms with van der Waals surface area (Å²) >= 11 is 0. The van der Waals surface area contributed by atoms with Crippen LogP contribution in [0.25, 0.3) is 0 Å². The Morgan fingerprint density at radius 2 is 1.91 bits per heavy atom. The molecule has 1 aromatic rings. The summed E-state index contributed by atoms with van der Waals surface area (Å²) in [6, 6.07) is 6.22. The molecule has 0 spiro atoms. The molecule has 130 valence electrons. The van der Waals surface area contributed by atoms with Crippen LogP contribution in [0.3, 0.4) is 0 Å². The summed E-state index contributed by atoms with van der Waals surface area (Å²) < 4.78 is 38.2. The minimum atomic E-state index is -3.32. The van der Waals surface area contributed by atoms with Gasteiger partial charge in [0.15, 0.2) is 0 Å². The van der Waals surface area contributed by atoms with Crippen LogP contribution in [-0.2, 0) is 21.4 Å². The first-order valence-electron chi connectivity index (χ1n) is 7.79. The predicted octanol–water partition coefficient (Wildman–Crippen LogP) is 2.28. The molecule has 0 unspecified atom stereocenters. The number of hydrogen-bond donors (Lipinski definition) is 1. The number of carbonyl (C=O) groups excluding carboxylic acids is 1. The molecule has 1 rings (SSSR count). The van der Waals surface area contributed by atoms with Gasteiger partial charge >= 0.3 is 0 Å². The largest absolute Gasteiger partial charge is 0.352 e. The van der Waals surface area contributed by atoms with Crippen LogP contribution in [0.15, 0.2) is 24.3 Å². The molecule has 0 radical (unpaired) electrons. The van der Waals surface area contributed by atoms with Crippen molar-refractivity contribution < 1.29 is 17.6 Å². The van der Waals surface area contributed by atoms with Gasteiger partial charge in [-0.05, 0) is 12.5 Å². The molecule has 0 fully saturated rings. The van der Waals surface area contributed by atoms with Gasteiger partial charge < -0.3 is 5.32 Å². The molecular formula is C16H25FN2O3S. The number of rotatable bonds is 10. The Morgan fingerprint density at radius 1 is 1.22 bits per heavy atom. The fourth-order valence-corrected chi connectivity index (χ4v) is 3.02. The second-order valence-electron chi connectivity index (χ2n) is 5.49. The number of amides is 1. The maximum atomic E-state index is 13.4. The van der Waals surface area contributed by atoms with E-state index < -0.39 is 10.0 Å². The molecule has 0 atom stereocenters. The molecule has 0 aliphatic rings. The van der Waals surface area contributed by atoms with Crippen LogP contribution < -0.4 is 5.32 Å². The van der Waals surface area contributed by atoms with E-state index in [0.29, 0.717) is 12.1 Å². The predicted molar refractivity (Wildman–Crippen MR) is 88.8 cm³/mol. The maximum absolute atomic E-state index is 13.4. The highest BCUT2D eigenvalue weighted by Gasteiger charge is 2.17. The van der Waals surface area contributed by atoms with Crippen molar-refractivity contribution >= 4 is 15.9 Å². The lowest BCUT2D eigenvalue weighted by Crippen LogP contribution is -2.35. The number of carbonyl (C=O) groups is 1. The normalized spacial score (nSPS) is 11.7. The summed E-state index contributed by atoms with van der Waals surface area (Å²) in [7, 11) is -3.32. The highest BCUT2D eigenvalue weighted by Crippen LogP contribution is 2.07. The topological polar surface area (TPSA) is 66.5 Å². The molecule has 0 heterocycles. The minimum Gasteiger partial charge on any atom is -0.352 e. The SMILES string of the molecule is CCCCCN(CCC(=O)NCc1ccccc1F)S(C)(=O)=O. The number of unbranched alkanes of at least 4 members (excludes halogenated alkanes) is 2. The van der Waals surface area contributed by atoms with Crippen LogP contribution in [0, 0.1) is 5.82 Å². The average Bonchev–Trinajstić information content (AvgIpc) is 2.48. The maximum Gasteiger partial charge on any atom is 0.221 e. The van der Waals surface area contributed by atoms with Gasteiger partial charge in [-0.15, -0.1) is 0 Å². The highest BCUT2D eigenvalue weighted by molar-refractivity contribution is 7.88. The van der Waals surface area contributed by atoms with Crippen LogP contribution in [0.1, 0.15) is 38.2 Å². The molecule has 0 aliphatic heterocycles. The van der Waals surface area contributed by atoms with E-state index in [1.165, 1.54) is 10.4 Å². The fourth-order valence-electron chi connectivity index (χ4n) is 2.13. The standard InChI is InChI=1S/C16H25FN2O3S/c1-3-4-7-11-19(23(2,21)22)12-10-16(20)18-13-14-8-5-6-9-15(14)17/h5-6,8-9H,3-4,7,10-13H2,1-2H3,(H,18,20). The molecule has 0 saturated heterocycles. The summed E-state index contributed by atoms with van der Waals surface area (Å²) in [5.41, 5.74) is 0.406. The molecule has 1 N–H and O–H groups in total. The van der Waals surface area contributed by atoms with Gasteiger partial charge in [0.05, 0.1) is 6.26 Å². The third kappa shape index (κ3) is 7.56. The molecule has 0 aliphatic carbocycles.